The maximum atomic E-state index is 5.22. The fourth-order valence-electron chi connectivity index (χ4n) is 0.970. The Labute approximate surface area is 95.5 Å². The van der Waals surface area contributed by atoms with Crippen molar-refractivity contribution in [3.8, 4) is 0 Å². The van der Waals surface area contributed by atoms with Crippen molar-refractivity contribution in [2.45, 2.75) is 18.7 Å². The third kappa shape index (κ3) is 3.00. The van der Waals surface area contributed by atoms with Gasteiger partial charge < -0.3 is 4.90 Å². The molecule has 0 aliphatic rings. The minimum absolute atomic E-state index is 0.897. The molecule has 1 rings (SSSR count). The monoisotopic (exact) mass is 225 g/mol. The summed E-state index contributed by atoms with van der Waals surface area (Å²) in [7, 11) is 3.94. The molecule has 0 spiro atoms. The van der Waals surface area contributed by atoms with Gasteiger partial charge in [-0.25, -0.2) is 0 Å². The Morgan fingerprint density at radius 1 is 1.21 bits per heavy atom. The molecule has 3 heteroatoms. The molecule has 0 fully saturated rings. The standard InChI is InChI=1S/C11H15NS2/c1-8-5-6-10(7-9(8)2)14-11(13)12(3)4/h5-7H,1-4H3. The first-order valence-corrected chi connectivity index (χ1v) is 5.69. The van der Waals surface area contributed by atoms with Crippen molar-refractivity contribution in [3.63, 3.8) is 0 Å². The summed E-state index contributed by atoms with van der Waals surface area (Å²) in [5, 5.41) is 0. The molecule has 0 heterocycles. The van der Waals surface area contributed by atoms with Crippen molar-refractivity contribution in [1.29, 1.82) is 0 Å². The van der Waals surface area contributed by atoms with Gasteiger partial charge in [0.15, 0.2) is 0 Å². The molecule has 0 radical (unpaired) electrons. The van der Waals surface area contributed by atoms with Crippen LogP contribution in [0.2, 0.25) is 0 Å². The van der Waals surface area contributed by atoms with E-state index in [1.165, 1.54) is 16.0 Å². The fraction of sp³-hybridized carbons (Fsp3) is 0.364. The second-order valence-electron chi connectivity index (χ2n) is 3.51. The average molecular weight is 225 g/mol. The molecule has 0 aliphatic heterocycles. The Kier molecular flexibility index (Phi) is 3.96. The number of rotatable bonds is 1. The van der Waals surface area contributed by atoms with Crippen molar-refractivity contribution < 1.29 is 0 Å². The molecule has 14 heavy (non-hydrogen) atoms. The van der Waals surface area contributed by atoms with E-state index in [9.17, 15) is 0 Å². The summed E-state index contributed by atoms with van der Waals surface area (Å²) in [6, 6.07) is 6.43. The van der Waals surface area contributed by atoms with Crippen molar-refractivity contribution in [2.75, 3.05) is 14.1 Å². The predicted octanol–water partition coefficient (Wildman–Crippen LogP) is 3.24. The summed E-state index contributed by atoms with van der Waals surface area (Å²) in [4.78, 5) is 3.17. The molecule has 0 amide bonds. The number of thioether (sulfide) groups is 1. The van der Waals surface area contributed by atoms with Gasteiger partial charge in [-0.3, -0.25) is 0 Å². The normalized spacial score (nSPS) is 10.0. The Bertz CT molecular complexity index is 345. The Morgan fingerprint density at radius 2 is 1.86 bits per heavy atom. The summed E-state index contributed by atoms with van der Waals surface area (Å²) in [5.41, 5.74) is 2.64. The van der Waals surface area contributed by atoms with Gasteiger partial charge in [0.1, 0.15) is 4.32 Å². The van der Waals surface area contributed by atoms with Crippen molar-refractivity contribution in [1.82, 2.24) is 4.90 Å². The average Bonchev–Trinajstić information content (AvgIpc) is 2.11. The molecule has 76 valence electrons. The lowest BCUT2D eigenvalue weighted by Crippen LogP contribution is -2.15. The Balaban J connectivity index is 2.78. The summed E-state index contributed by atoms with van der Waals surface area (Å²) in [6.07, 6.45) is 0. The highest BCUT2D eigenvalue weighted by molar-refractivity contribution is 8.22. The van der Waals surface area contributed by atoms with Crippen LogP contribution in [0, 0.1) is 13.8 Å². The third-order valence-corrected chi connectivity index (χ3v) is 3.69. The molecule has 0 atom stereocenters. The predicted molar refractivity (Wildman–Crippen MR) is 68.1 cm³/mol. The molecule has 0 saturated carbocycles. The van der Waals surface area contributed by atoms with Crippen LogP contribution in [0.25, 0.3) is 0 Å². The van der Waals surface area contributed by atoms with E-state index in [1.807, 2.05) is 19.0 Å². The first-order valence-electron chi connectivity index (χ1n) is 4.47. The van der Waals surface area contributed by atoms with Gasteiger partial charge in [0.05, 0.1) is 0 Å². The maximum Gasteiger partial charge on any atom is 0.140 e. The number of hydrogen-bond donors (Lipinski definition) is 0. The van der Waals surface area contributed by atoms with E-state index < -0.39 is 0 Å². The largest absolute Gasteiger partial charge is 0.363 e. The molecule has 0 unspecified atom stereocenters. The summed E-state index contributed by atoms with van der Waals surface area (Å²) in [5.74, 6) is 0. The number of nitrogens with zero attached hydrogens (tertiary/aromatic N) is 1. The summed E-state index contributed by atoms with van der Waals surface area (Å²) in [6.45, 7) is 4.24. The van der Waals surface area contributed by atoms with Gasteiger partial charge in [0.2, 0.25) is 0 Å². The van der Waals surface area contributed by atoms with E-state index >= 15 is 0 Å². The first kappa shape index (κ1) is 11.5. The van der Waals surface area contributed by atoms with Gasteiger partial charge in [-0.05, 0) is 37.1 Å². The van der Waals surface area contributed by atoms with Crippen LogP contribution in [0.5, 0.6) is 0 Å². The minimum Gasteiger partial charge on any atom is -0.363 e. The SMILES string of the molecule is Cc1ccc(SC(=S)N(C)C)cc1C. The second-order valence-corrected chi connectivity index (χ2v) is 5.22. The molecule has 1 aromatic rings. The van der Waals surface area contributed by atoms with Crippen LogP contribution in [0.4, 0.5) is 0 Å². The lowest BCUT2D eigenvalue weighted by atomic mass is 10.1. The van der Waals surface area contributed by atoms with Crippen LogP contribution in [-0.2, 0) is 0 Å². The highest BCUT2D eigenvalue weighted by Gasteiger charge is 2.03. The van der Waals surface area contributed by atoms with Gasteiger partial charge in [0, 0.05) is 19.0 Å². The summed E-state index contributed by atoms with van der Waals surface area (Å²) < 4.78 is 0.897. The smallest absolute Gasteiger partial charge is 0.140 e. The van der Waals surface area contributed by atoms with E-state index in [4.69, 9.17) is 12.2 Å². The van der Waals surface area contributed by atoms with E-state index in [2.05, 4.69) is 32.0 Å². The molecule has 0 aromatic heterocycles. The zero-order valence-electron chi connectivity index (χ0n) is 9.00. The van der Waals surface area contributed by atoms with E-state index in [-0.39, 0.29) is 0 Å². The molecule has 1 nitrogen and oxygen atoms in total. The highest BCUT2D eigenvalue weighted by atomic mass is 32.2. The molecule has 0 saturated heterocycles. The molecule has 0 aliphatic carbocycles. The zero-order valence-corrected chi connectivity index (χ0v) is 10.6. The number of benzene rings is 1. The number of thiocarbonyl (C=S) groups is 1. The third-order valence-electron chi connectivity index (χ3n) is 2.05. The maximum absolute atomic E-state index is 5.22. The molecular weight excluding hydrogens is 210 g/mol. The second kappa shape index (κ2) is 4.80. The van der Waals surface area contributed by atoms with E-state index in [0.717, 1.165) is 4.32 Å². The minimum atomic E-state index is 0.897. The molecule has 0 bridgehead atoms. The quantitative estimate of drug-likeness (QED) is 0.533. The zero-order chi connectivity index (χ0) is 10.7. The van der Waals surface area contributed by atoms with Gasteiger partial charge >= 0.3 is 0 Å². The first-order chi connectivity index (χ1) is 6.50. The Hall–Kier alpha value is -0.540. The molecule has 0 N–H and O–H groups in total. The van der Waals surface area contributed by atoms with Crippen molar-refractivity contribution in [3.05, 3.63) is 29.3 Å². The number of hydrogen-bond acceptors (Lipinski definition) is 2. The van der Waals surface area contributed by atoms with Crippen LogP contribution < -0.4 is 0 Å². The van der Waals surface area contributed by atoms with E-state index in [0.29, 0.717) is 0 Å². The Morgan fingerprint density at radius 3 is 2.36 bits per heavy atom. The van der Waals surface area contributed by atoms with Crippen LogP contribution in [0.3, 0.4) is 0 Å². The summed E-state index contributed by atoms with van der Waals surface area (Å²) >= 11 is 6.86. The topological polar surface area (TPSA) is 3.24 Å². The van der Waals surface area contributed by atoms with Crippen LogP contribution in [-0.4, -0.2) is 23.3 Å². The van der Waals surface area contributed by atoms with Gasteiger partial charge in [-0.1, -0.05) is 30.0 Å². The van der Waals surface area contributed by atoms with Crippen LogP contribution in [0.15, 0.2) is 23.1 Å². The number of aryl methyl sites for hydroxylation is 2. The lowest BCUT2D eigenvalue weighted by Gasteiger charge is -2.13. The molecule has 1 aromatic carbocycles. The van der Waals surface area contributed by atoms with Crippen molar-refractivity contribution >= 4 is 28.3 Å². The van der Waals surface area contributed by atoms with Crippen LogP contribution >= 0.6 is 24.0 Å². The van der Waals surface area contributed by atoms with Crippen LogP contribution in [0.1, 0.15) is 11.1 Å². The lowest BCUT2D eigenvalue weighted by molar-refractivity contribution is 0.648. The van der Waals surface area contributed by atoms with Crippen molar-refractivity contribution in [2.24, 2.45) is 0 Å². The highest BCUT2D eigenvalue weighted by Crippen LogP contribution is 2.23. The van der Waals surface area contributed by atoms with Gasteiger partial charge in [-0.2, -0.15) is 0 Å². The van der Waals surface area contributed by atoms with Gasteiger partial charge in [-0.15, -0.1) is 0 Å². The van der Waals surface area contributed by atoms with Gasteiger partial charge in [0.25, 0.3) is 0 Å². The van der Waals surface area contributed by atoms with E-state index in [1.54, 1.807) is 11.8 Å². The fourth-order valence-corrected chi connectivity index (χ4v) is 2.01. The molecular formula is C11H15NS2.